The second kappa shape index (κ2) is 5.62. The monoisotopic (exact) mass is 281 g/mol. The smallest absolute Gasteiger partial charge is 0.251 e. The van der Waals surface area contributed by atoms with Gasteiger partial charge in [-0.2, -0.15) is 10.2 Å². The zero-order chi connectivity index (χ0) is 14.7. The van der Waals surface area contributed by atoms with Crippen molar-refractivity contribution in [3.05, 3.63) is 66.2 Å². The molecule has 106 valence electrons. The van der Waals surface area contributed by atoms with Gasteiger partial charge >= 0.3 is 0 Å². The number of hydrogen-bond donors (Lipinski definition) is 2. The van der Waals surface area contributed by atoms with Crippen LogP contribution in [0.15, 0.2) is 55.1 Å². The van der Waals surface area contributed by atoms with E-state index in [0.717, 1.165) is 11.3 Å². The lowest BCUT2D eigenvalue weighted by Crippen LogP contribution is -2.26. The number of aromatic amines is 1. The zero-order valence-corrected chi connectivity index (χ0v) is 11.5. The fourth-order valence-electron chi connectivity index (χ4n) is 2.05. The van der Waals surface area contributed by atoms with Gasteiger partial charge in [0.1, 0.15) is 0 Å². The van der Waals surface area contributed by atoms with E-state index < -0.39 is 0 Å². The van der Waals surface area contributed by atoms with Crippen LogP contribution in [0.4, 0.5) is 0 Å². The summed E-state index contributed by atoms with van der Waals surface area (Å²) in [6, 6.07) is 9.06. The average molecular weight is 281 g/mol. The highest BCUT2D eigenvalue weighted by Gasteiger charge is 2.12. The van der Waals surface area contributed by atoms with Crippen molar-refractivity contribution < 1.29 is 4.79 Å². The predicted octanol–water partition coefficient (Wildman–Crippen LogP) is 2.09. The summed E-state index contributed by atoms with van der Waals surface area (Å²) >= 11 is 0. The molecule has 6 nitrogen and oxygen atoms in total. The lowest BCUT2D eigenvalue weighted by molar-refractivity contribution is 0.0940. The summed E-state index contributed by atoms with van der Waals surface area (Å²) in [5.74, 6) is -0.115. The van der Waals surface area contributed by atoms with Crippen molar-refractivity contribution in [3.63, 3.8) is 0 Å². The van der Waals surface area contributed by atoms with Gasteiger partial charge < -0.3 is 5.32 Å². The van der Waals surface area contributed by atoms with Gasteiger partial charge in [0.2, 0.25) is 0 Å². The molecular weight excluding hydrogens is 266 g/mol. The number of aromatic nitrogens is 4. The van der Waals surface area contributed by atoms with Gasteiger partial charge in [0.15, 0.2) is 0 Å². The van der Waals surface area contributed by atoms with Crippen LogP contribution in [0, 0.1) is 0 Å². The van der Waals surface area contributed by atoms with E-state index in [4.69, 9.17) is 0 Å². The lowest BCUT2D eigenvalue weighted by atomic mass is 10.1. The summed E-state index contributed by atoms with van der Waals surface area (Å²) in [7, 11) is 0. The van der Waals surface area contributed by atoms with E-state index in [1.807, 2.05) is 31.3 Å². The molecule has 1 aromatic carbocycles. The molecule has 1 amide bonds. The second-order valence-electron chi connectivity index (χ2n) is 4.72. The zero-order valence-electron chi connectivity index (χ0n) is 11.5. The third-order valence-electron chi connectivity index (χ3n) is 3.27. The highest BCUT2D eigenvalue weighted by molar-refractivity contribution is 5.94. The van der Waals surface area contributed by atoms with Crippen LogP contribution >= 0.6 is 0 Å². The average Bonchev–Trinajstić information content (AvgIpc) is 3.20. The molecule has 0 saturated heterocycles. The fourth-order valence-corrected chi connectivity index (χ4v) is 2.05. The summed E-state index contributed by atoms with van der Waals surface area (Å²) in [6.45, 7) is 1.92. The van der Waals surface area contributed by atoms with Crippen molar-refractivity contribution in [1.29, 1.82) is 0 Å². The Morgan fingerprint density at radius 1 is 1.33 bits per heavy atom. The van der Waals surface area contributed by atoms with E-state index in [1.54, 1.807) is 35.4 Å². The van der Waals surface area contributed by atoms with E-state index in [-0.39, 0.29) is 11.9 Å². The van der Waals surface area contributed by atoms with Crippen LogP contribution in [0.5, 0.6) is 0 Å². The van der Waals surface area contributed by atoms with Crippen LogP contribution in [0.25, 0.3) is 5.69 Å². The number of carbonyl (C=O) groups is 1. The molecule has 0 bridgehead atoms. The minimum atomic E-state index is -0.115. The Balaban J connectivity index is 1.70. The Labute approximate surface area is 121 Å². The quantitative estimate of drug-likeness (QED) is 0.769. The normalized spacial score (nSPS) is 12.0. The Morgan fingerprint density at radius 3 is 2.76 bits per heavy atom. The largest absolute Gasteiger partial charge is 0.345 e. The maximum atomic E-state index is 12.2. The van der Waals surface area contributed by atoms with Gasteiger partial charge in [0.25, 0.3) is 5.91 Å². The van der Waals surface area contributed by atoms with Gasteiger partial charge in [0.05, 0.1) is 17.9 Å². The molecule has 1 unspecified atom stereocenters. The maximum absolute atomic E-state index is 12.2. The third kappa shape index (κ3) is 2.84. The molecule has 3 rings (SSSR count). The molecule has 0 radical (unpaired) electrons. The third-order valence-corrected chi connectivity index (χ3v) is 3.27. The van der Waals surface area contributed by atoms with Crippen LogP contribution in [0.1, 0.15) is 28.9 Å². The highest BCUT2D eigenvalue weighted by Crippen LogP contribution is 2.12. The van der Waals surface area contributed by atoms with E-state index in [9.17, 15) is 4.79 Å². The number of nitrogens with zero attached hydrogens (tertiary/aromatic N) is 3. The number of amides is 1. The van der Waals surface area contributed by atoms with E-state index in [2.05, 4.69) is 20.6 Å². The maximum Gasteiger partial charge on any atom is 0.251 e. The van der Waals surface area contributed by atoms with Gasteiger partial charge in [0, 0.05) is 29.7 Å². The SMILES string of the molecule is CC(NC(=O)c1ccc(-n2cccn2)cc1)c1cn[nH]c1. The highest BCUT2D eigenvalue weighted by atomic mass is 16.1. The first-order chi connectivity index (χ1) is 10.2. The lowest BCUT2D eigenvalue weighted by Gasteiger charge is -2.12. The summed E-state index contributed by atoms with van der Waals surface area (Å²) in [5.41, 5.74) is 2.47. The summed E-state index contributed by atoms with van der Waals surface area (Å²) in [4.78, 5) is 12.2. The second-order valence-corrected chi connectivity index (χ2v) is 4.72. The standard InChI is InChI=1S/C15H15N5O/c1-11(13-9-16-17-10-13)19-15(21)12-3-5-14(6-4-12)20-8-2-7-18-20/h2-11H,1H3,(H,16,17)(H,19,21). The van der Waals surface area contributed by atoms with Crippen molar-refractivity contribution >= 4 is 5.91 Å². The fraction of sp³-hybridized carbons (Fsp3) is 0.133. The molecule has 2 N–H and O–H groups in total. The summed E-state index contributed by atoms with van der Waals surface area (Å²) in [5, 5.41) is 13.7. The number of rotatable bonds is 4. The van der Waals surface area contributed by atoms with Crippen LogP contribution in [-0.2, 0) is 0 Å². The molecule has 2 aromatic heterocycles. The molecule has 21 heavy (non-hydrogen) atoms. The Kier molecular flexibility index (Phi) is 3.51. The first-order valence-electron chi connectivity index (χ1n) is 6.63. The van der Waals surface area contributed by atoms with E-state index in [1.165, 1.54) is 0 Å². The molecule has 0 spiro atoms. The molecule has 0 fully saturated rings. The Morgan fingerprint density at radius 2 is 2.14 bits per heavy atom. The number of benzene rings is 1. The molecule has 0 aliphatic rings. The Bertz CT molecular complexity index is 701. The summed E-state index contributed by atoms with van der Waals surface area (Å²) in [6.07, 6.45) is 7.04. The number of H-pyrrole nitrogens is 1. The van der Waals surface area contributed by atoms with Crippen LogP contribution < -0.4 is 5.32 Å². The van der Waals surface area contributed by atoms with Gasteiger partial charge in [-0.15, -0.1) is 0 Å². The minimum absolute atomic E-state index is 0.0953. The van der Waals surface area contributed by atoms with Gasteiger partial charge in [-0.1, -0.05) is 0 Å². The molecule has 0 saturated carbocycles. The first kappa shape index (κ1) is 13.1. The van der Waals surface area contributed by atoms with E-state index in [0.29, 0.717) is 5.56 Å². The topological polar surface area (TPSA) is 75.6 Å². The van der Waals surface area contributed by atoms with Gasteiger partial charge in [-0.25, -0.2) is 4.68 Å². The number of hydrogen-bond acceptors (Lipinski definition) is 3. The van der Waals surface area contributed by atoms with E-state index >= 15 is 0 Å². The van der Waals surface area contributed by atoms with Gasteiger partial charge in [-0.05, 0) is 37.3 Å². The van der Waals surface area contributed by atoms with Crippen molar-refractivity contribution in [3.8, 4) is 5.69 Å². The van der Waals surface area contributed by atoms with Crippen LogP contribution in [-0.4, -0.2) is 25.9 Å². The Hall–Kier alpha value is -2.89. The summed E-state index contributed by atoms with van der Waals surface area (Å²) < 4.78 is 1.75. The van der Waals surface area contributed by atoms with Crippen molar-refractivity contribution in [2.45, 2.75) is 13.0 Å². The molecule has 1 atom stereocenters. The van der Waals surface area contributed by atoms with Crippen molar-refractivity contribution in [1.82, 2.24) is 25.3 Å². The number of carbonyl (C=O) groups excluding carboxylic acids is 1. The molecule has 0 aliphatic carbocycles. The van der Waals surface area contributed by atoms with Crippen LogP contribution in [0.2, 0.25) is 0 Å². The molecular formula is C15H15N5O. The van der Waals surface area contributed by atoms with Crippen LogP contribution in [0.3, 0.4) is 0 Å². The predicted molar refractivity (Wildman–Crippen MR) is 78.0 cm³/mol. The van der Waals surface area contributed by atoms with Gasteiger partial charge in [-0.3, -0.25) is 9.89 Å². The van der Waals surface area contributed by atoms with Crippen molar-refractivity contribution in [2.75, 3.05) is 0 Å². The molecule has 6 heteroatoms. The molecule has 0 aliphatic heterocycles. The minimum Gasteiger partial charge on any atom is -0.345 e. The first-order valence-corrected chi connectivity index (χ1v) is 6.63. The molecule has 2 heterocycles. The molecule has 3 aromatic rings. The number of nitrogens with one attached hydrogen (secondary N) is 2. The van der Waals surface area contributed by atoms with Crippen molar-refractivity contribution in [2.24, 2.45) is 0 Å².